The Kier molecular flexibility index (Phi) is 5.22. The van der Waals surface area contributed by atoms with Crippen LogP contribution in [0.5, 0.6) is 0 Å². The Hall–Kier alpha value is -2.25. The summed E-state index contributed by atoms with van der Waals surface area (Å²) >= 11 is 0. The normalized spacial score (nSPS) is 16.9. The van der Waals surface area contributed by atoms with E-state index >= 15 is 0 Å². The first-order chi connectivity index (χ1) is 11.7. The number of anilines is 1. The lowest BCUT2D eigenvalue weighted by Gasteiger charge is -2.26. The first-order valence-electron chi connectivity index (χ1n) is 8.22. The SMILES string of the molecule is CCC(Nc1nc(CN2CCOCC2)nc2ccccc12)C(=O)O. The summed E-state index contributed by atoms with van der Waals surface area (Å²) in [4.78, 5) is 22.8. The highest BCUT2D eigenvalue weighted by Crippen LogP contribution is 2.22. The second-order valence-electron chi connectivity index (χ2n) is 5.84. The maximum Gasteiger partial charge on any atom is 0.326 e. The highest BCUT2D eigenvalue weighted by Gasteiger charge is 2.19. The van der Waals surface area contributed by atoms with Gasteiger partial charge in [-0.1, -0.05) is 19.1 Å². The average Bonchev–Trinajstić information content (AvgIpc) is 2.60. The monoisotopic (exact) mass is 330 g/mol. The molecule has 1 fully saturated rings. The van der Waals surface area contributed by atoms with E-state index in [2.05, 4.69) is 20.2 Å². The van der Waals surface area contributed by atoms with Crippen molar-refractivity contribution in [3.8, 4) is 0 Å². The first kappa shape index (κ1) is 16.6. The molecule has 128 valence electrons. The standard InChI is InChI=1S/C17H22N4O3/c1-2-13(17(22)23)19-16-12-5-3-4-6-14(12)18-15(20-16)11-21-7-9-24-10-8-21/h3-6,13H,2,7-11H2,1H3,(H,22,23)(H,18,19,20). The lowest BCUT2D eigenvalue weighted by atomic mass is 10.2. The van der Waals surface area contributed by atoms with E-state index in [1.807, 2.05) is 31.2 Å². The van der Waals surface area contributed by atoms with E-state index in [-0.39, 0.29) is 0 Å². The van der Waals surface area contributed by atoms with Crippen LogP contribution in [0.25, 0.3) is 10.9 Å². The summed E-state index contributed by atoms with van der Waals surface area (Å²) in [5.41, 5.74) is 0.818. The highest BCUT2D eigenvalue weighted by atomic mass is 16.5. The van der Waals surface area contributed by atoms with Crippen molar-refractivity contribution in [2.45, 2.75) is 25.9 Å². The second kappa shape index (κ2) is 7.55. The molecule has 1 aliphatic heterocycles. The van der Waals surface area contributed by atoms with E-state index in [0.29, 0.717) is 24.6 Å². The summed E-state index contributed by atoms with van der Waals surface area (Å²) in [6.07, 6.45) is 0.479. The minimum atomic E-state index is -0.880. The van der Waals surface area contributed by atoms with E-state index in [0.717, 1.165) is 37.2 Å². The fourth-order valence-corrected chi connectivity index (χ4v) is 2.77. The molecule has 0 bridgehead atoms. The van der Waals surface area contributed by atoms with Crippen LogP contribution in [0, 0.1) is 0 Å². The van der Waals surface area contributed by atoms with Gasteiger partial charge in [-0.2, -0.15) is 0 Å². The van der Waals surface area contributed by atoms with Gasteiger partial charge >= 0.3 is 5.97 Å². The fourth-order valence-electron chi connectivity index (χ4n) is 2.77. The maximum absolute atomic E-state index is 11.3. The summed E-state index contributed by atoms with van der Waals surface area (Å²) in [6.45, 7) is 5.61. The van der Waals surface area contributed by atoms with Gasteiger partial charge in [-0.05, 0) is 18.6 Å². The number of carboxylic acid groups (broad SMARTS) is 1. The van der Waals surface area contributed by atoms with Crippen molar-refractivity contribution in [1.82, 2.24) is 14.9 Å². The van der Waals surface area contributed by atoms with E-state index in [9.17, 15) is 9.90 Å². The number of para-hydroxylation sites is 1. The third-order valence-electron chi connectivity index (χ3n) is 4.14. The van der Waals surface area contributed by atoms with Crippen LogP contribution in [-0.2, 0) is 16.1 Å². The van der Waals surface area contributed by atoms with Gasteiger partial charge in [0.15, 0.2) is 0 Å². The molecule has 1 aromatic heterocycles. The molecule has 0 amide bonds. The van der Waals surface area contributed by atoms with Crippen LogP contribution >= 0.6 is 0 Å². The Morgan fingerprint density at radius 1 is 1.33 bits per heavy atom. The molecule has 2 heterocycles. The molecule has 1 atom stereocenters. The Balaban J connectivity index is 1.91. The van der Waals surface area contributed by atoms with Gasteiger partial charge in [0.25, 0.3) is 0 Å². The van der Waals surface area contributed by atoms with Gasteiger partial charge in [-0.15, -0.1) is 0 Å². The summed E-state index contributed by atoms with van der Waals surface area (Å²) in [5, 5.41) is 13.2. The zero-order valence-corrected chi connectivity index (χ0v) is 13.7. The van der Waals surface area contributed by atoms with Crippen molar-refractivity contribution in [3.63, 3.8) is 0 Å². The molecule has 7 nitrogen and oxygen atoms in total. The minimum Gasteiger partial charge on any atom is -0.480 e. The highest BCUT2D eigenvalue weighted by molar-refractivity contribution is 5.90. The molecule has 0 radical (unpaired) electrons. The molecule has 0 saturated carbocycles. The third kappa shape index (κ3) is 3.80. The van der Waals surface area contributed by atoms with E-state index in [1.165, 1.54) is 0 Å². The molecule has 1 aromatic carbocycles. The van der Waals surface area contributed by atoms with Crippen molar-refractivity contribution < 1.29 is 14.6 Å². The molecular weight excluding hydrogens is 308 g/mol. The van der Waals surface area contributed by atoms with Crippen molar-refractivity contribution in [1.29, 1.82) is 0 Å². The van der Waals surface area contributed by atoms with Crippen molar-refractivity contribution in [2.24, 2.45) is 0 Å². The number of benzene rings is 1. The lowest BCUT2D eigenvalue weighted by Crippen LogP contribution is -2.36. The lowest BCUT2D eigenvalue weighted by molar-refractivity contribution is -0.137. The van der Waals surface area contributed by atoms with Crippen LogP contribution in [0.4, 0.5) is 5.82 Å². The van der Waals surface area contributed by atoms with Crippen LogP contribution in [0.1, 0.15) is 19.2 Å². The summed E-state index contributed by atoms with van der Waals surface area (Å²) in [5.74, 6) is 0.395. The van der Waals surface area contributed by atoms with Crippen LogP contribution in [0.2, 0.25) is 0 Å². The Morgan fingerprint density at radius 2 is 2.08 bits per heavy atom. The van der Waals surface area contributed by atoms with Crippen LogP contribution in [0.3, 0.4) is 0 Å². The molecule has 3 rings (SSSR count). The third-order valence-corrected chi connectivity index (χ3v) is 4.14. The minimum absolute atomic E-state index is 0.479. The molecule has 0 spiro atoms. The quantitative estimate of drug-likeness (QED) is 0.834. The van der Waals surface area contributed by atoms with Crippen LogP contribution < -0.4 is 5.32 Å². The molecule has 24 heavy (non-hydrogen) atoms. The smallest absolute Gasteiger partial charge is 0.326 e. The van der Waals surface area contributed by atoms with Gasteiger partial charge in [0.2, 0.25) is 0 Å². The molecule has 2 aromatic rings. The number of hydrogen-bond donors (Lipinski definition) is 2. The van der Waals surface area contributed by atoms with Gasteiger partial charge in [0, 0.05) is 18.5 Å². The summed E-state index contributed by atoms with van der Waals surface area (Å²) in [7, 11) is 0. The molecule has 2 N–H and O–H groups in total. The largest absolute Gasteiger partial charge is 0.480 e. The number of aromatic nitrogens is 2. The first-order valence-corrected chi connectivity index (χ1v) is 8.22. The number of carbonyl (C=O) groups is 1. The summed E-state index contributed by atoms with van der Waals surface area (Å²) < 4.78 is 5.36. The van der Waals surface area contributed by atoms with Crippen LogP contribution in [0.15, 0.2) is 24.3 Å². The van der Waals surface area contributed by atoms with Gasteiger partial charge in [0.05, 0.1) is 25.3 Å². The Labute approximate surface area is 140 Å². The number of morpholine rings is 1. The Morgan fingerprint density at radius 3 is 2.79 bits per heavy atom. The van der Waals surface area contributed by atoms with Gasteiger partial charge in [-0.25, -0.2) is 14.8 Å². The zero-order chi connectivity index (χ0) is 16.9. The molecule has 7 heteroatoms. The number of carboxylic acids is 1. The van der Waals surface area contributed by atoms with E-state index in [4.69, 9.17) is 4.74 Å². The van der Waals surface area contributed by atoms with Gasteiger partial charge in [0.1, 0.15) is 17.7 Å². The number of aliphatic carboxylic acids is 1. The predicted molar refractivity (Wildman–Crippen MR) is 91.0 cm³/mol. The van der Waals surface area contributed by atoms with E-state index < -0.39 is 12.0 Å². The van der Waals surface area contributed by atoms with Gasteiger partial charge in [-0.3, -0.25) is 4.90 Å². The maximum atomic E-state index is 11.3. The number of rotatable bonds is 6. The molecular formula is C17H22N4O3. The number of nitrogens with zero attached hydrogens (tertiary/aromatic N) is 3. The molecule has 0 aliphatic carbocycles. The van der Waals surface area contributed by atoms with Crippen molar-refractivity contribution >= 4 is 22.7 Å². The number of fused-ring (bicyclic) bond motifs is 1. The van der Waals surface area contributed by atoms with Crippen LogP contribution in [-0.4, -0.2) is 58.3 Å². The fraction of sp³-hybridized carbons (Fsp3) is 0.471. The molecule has 1 unspecified atom stereocenters. The summed E-state index contributed by atoms with van der Waals surface area (Å²) in [6, 6.07) is 6.99. The predicted octanol–water partition coefficient (Wildman–Crippen LogP) is 1.74. The number of nitrogens with one attached hydrogen (secondary N) is 1. The van der Waals surface area contributed by atoms with Gasteiger partial charge < -0.3 is 15.2 Å². The topological polar surface area (TPSA) is 87.6 Å². The number of ether oxygens (including phenoxy) is 1. The average molecular weight is 330 g/mol. The van der Waals surface area contributed by atoms with Crippen molar-refractivity contribution in [3.05, 3.63) is 30.1 Å². The molecule has 1 saturated heterocycles. The Bertz CT molecular complexity index is 716. The van der Waals surface area contributed by atoms with Crippen molar-refractivity contribution in [2.75, 3.05) is 31.6 Å². The second-order valence-corrected chi connectivity index (χ2v) is 5.84. The van der Waals surface area contributed by atoms with E-state index in [1.54, 1.807) is 0 Å². The number of hydrogen-bond acceptors (Lipinski definition) is 6. The molecule has 1 aliphatic rings. The zero-order valence-electron chi connectivity index (χ0n) is 13.7.